The van der Waals surface area contributed by atoms with Gasteiger partial charge in [-0.25, -0.2) is 9.97 Å². The summed E-state index contributed by atoms with van der Waals surface area (Å²) in [6, 6.07) is 9.75. The van der Waals surface area contributed by atoms with Crippen molar-refractivity contribution >= 4 is 28.4 Å². The number of pyridine rings is 1. The quantitative estimate of drug-likeness (QED) is 0.668. The Morgan fingerprint density at radius 1 is 1.09 bits per heavy atom. The fraction of sp³-hybridized carbons (Fsp3) is 0.400. The first-order chi connectivity index (χ1) is 16.0. The van der Waals surface area contributed by atoms with Crippen molar-refractivity contribution in [2.24, 2.45) is 0 Å². The van der Waals surface area contributed by atoms with Crippen molar-refractivity contribution in [3.05, 3.63) is 59.3 Å². The number of carbonyl (C=O) groups excluding carboxylic acids is 2. The molecule has 33 heavy (non-hydrogen) atoms. The molecule has 170 valence electrons. The maximum Gasteiger partial charge on any atom is 0.273 e. The fourth-order valence-corrected chi connectivity index (χ4v) is 4.93. The van der Waals surface area contributed by atoms with E-state index in [0.717, 1.165) is 53.1 Å². The van der Waals surface area contributed by atoms with Gasteiger partial charge in [0.25, 0.3) is 5.91 Å². The van der Waals surface area contributed by atoms with E-state index in [1.165, 1.54) is 0 Å². The summed E-state index contributed by atoms with van der Waals surface area (Å²) in [4.78, 5) is 43.2. The topological polar surface area (TPSA) is 91.3 Å². The Morgan fingerprint density at radius 2 is 1.94 bits per heavy atom. The van der Waals surface area contributed by atoms with Crippen molar-refractivity contribution in [2.75, 3.05) is 32.0 Å². The maximum atomic E-state index is 13.4. The number of aromatic nitrogens is 3. The van der Waals surface area contributed by atoms with E-state index in [4.69, 9.17) is 9.97 Å². The minimum atomic E-state index is -0.0796. The molecule has 0 aliphatic carbocycles. The van der Waals surface area contributed by atoms with Crippen molar-refractivity contribution in [1.29, 1.82) is 0 Å². The first-order valence-electron chi connectivity index (χ1n) is 11.5. The van der Waals surface area contributed by atoms with Crippen molar-refractivity contribution in [3.8, 4) is 0 Å². The third-order valence-electron chi connectivity index (χ3n) is 6.71. The predicted octanol–water partition coefficient (Wildman–Crippen LogP) is 2.99. The molecule has 1 aromatic carbocycles. The highest BCUT2D eigenvalue weighted by Gasteiger charge is 2.30. The Hall–Kier alpha value is -3.55. The van der Waals surface area contributed by atoms with Crippen LogP contribution in [-0.4, -0.2) is 63.2 Å². The molecule has 2 aliphatic heterocycles. The summed E-state index contributed by atoms with van der Waals surface area (Å²) in [7, 11) is 1.87. The van der Waals surface area contributed by atoms with Gasteiger partial charge >= 0.3 is 0 Å². The first-order valence-corrected chi connectivity index (χ1v) is 11.5. The maximum absolute atomic E-state index is 13.4. The number of hydrogen-bond acceptors (Lipinski definition) is 6. The lowest BCUT2D eigenvalue weighted by Crippen LogP contribution is -2.39. The number of nitrogens with zero attached hydrogens (tertiary/aromatic N) is 5. The standard InChI is InChI=1S/C25H28N6O2/c1-16(32)30-12-5-7-18(14-30)23-28-21-15-31(13-10-20(21)24(26-2)29-23)25(33)22-19-8-4-3-6-17(19)9-11-27-22/h3-4,6,8-9,11,18H,5,7,10,12-15H2,1-2H3,(H,26,28,29). The molecule has 0 saturated carbocycles. The lowest BCUT2D eigenvalue weighted by atomic mass is 9.96. The van der Waals surface area contributed by atoms with Gasteiger partial charge in [-0.2, -0.15) is 0 Å². The fourth-order valence-electron chi connectivity index (χ4n) is 4.93. The van der Waals surface area contributed by atoms with Crippen LogP contribution in [0, 0.1) is 0 Å². The highest BCUT2D eigenvalue weighted by molar-refractivity contribution is 6.05. The molecule has 8 nitrogen and oxygen atoms in total. The number of hydrogen-bond donors (Lipinski definition) is 1. The van der Waals surface area contributed by atoms with Gasteiger partial charge in [-0.05, 0) is 30.7 Å². The molecule has 1 N–H and O–H groups in total. The number of carbonyl (C=O) groups is 2. The predicted molar refractivity (Wildman–Crippen MR) is 126 cm³/mol. The molecule has 2 aromatic heterocycles. The molecule has 0 radical (unpaired) electrons. The number of likely N-dealkylation sites (tertiary alicyclic amines) is 1. The lowest BCUT2D eigenvalue weighted by molar-refractivity contribution is -0.130. The molecule has 4 heterocycles. The van der Waals surface area contributed by atoms with Gasteiger partial charge in [-0.1, -0.05) is 24.3 Å². The van der Waals surface area contributed by atoms with E-state index >= 15 is 0 Å². The monoisotopic (exact) mass is 444 g/mol. The zero-order valence-electron chi connectivity index (χ0n) is 19.0. The first kappa shape index (κ1) is 21.3. The van der Waals surface area contributed by atoms with Gasteiger partial charge < -0.3 is 15.1 Å². The van der Waals surface area contributed by atoms with E-state index in [1.54, 1.807) is 13.1 Å². The van der Waals surface area contributed by atoms with Crippen molar-refractivity contribution in [3.63, 3.8) is 0 Å². The van der Waals surface area contributed by atoms with Crippen LogP contribution in [0.15, 0.2) is 36.5 Å². The Labute approximate surface area is 193 Å². The van der Waals surface area contributed by atoms with Crippen LogP contribution in [0.3, 0.4) is 0 Å². The summed E-state index contributed by atoms with van der Waals surface area (Å²) in [5.74, 6) is 1.69. The normalized spacial score (nSPS) is 18.2. The summed E-state index contributed by atoms with van der Waals surface area (Å²) in [5, 5.41) is 5.09. The zero-order valence-corrected chi connectivity index (χ0v) is 19.0. The molecule has 0 bridgehead atoms. The van der Waals surface area contributed by atoms with Crippen LogP contribution >= 0.6 is 0 Å². The van der Waals surface area contributed by atoms with Gasteiger partial charge in [-0.3, -0.25) is 14.6 Å². The third kappa shape index (κ3) is 4.01. The summed E-state index contributed by atoms with van der Waals surface area (Å²) in [5.41, 5.74) is 2.42. The van der Waals surface area contributed by atoms with Crippen LogP contribution in [0.1, 0.15) is 53.3 Å². The van der Waals surface area contributed by atoms with E-state index in [9.17, 15) is 9.59 Å². The van der Waals surface area contributed by atoms with E-state index in [1.807, 2.05) is 47.2 Å². The molecule has 3 aromatic rings. The van der Waals surface area contributed by atoms with Crippen LogP contribution in [0.4, 0.5) is 5.82 Å². The van der Waals surface area contributed by atoms with Crippen LogP contribution in [0.25, 0.3) is 10.8 Å². The van der Waals surface area contributed by atoms with E-state index in [-0.39, 0.29) is 17.7 Å². The molecule has 1 saturated heterocycles. The largest absolute Gasteiger partial charge is 0.373 e. The second kappa shape index (κ2) is 8.77. The number of fused-ring (bicyclic) bond motifs is 2. The molecule has 2 amide bonds. The summed E-state index contributed by atoms with van der Waals surface area (Å²) in [6.07, 6.45) is 4.27. The number of rotatable bonds is 3. The molecular weight excluding hydrogens is 416 g/mol. The van der Waals surface area contributed by atoms with Crippen molar-refractivity contribution in [2.45, 2.75) is 38.6 Å². The molecule has 5 rings (SSSR count). The Balaban J connectivity index is 1.45. The van der Waals surface area contributed by atoms with Gasteiger partial charge in [0.15, 0.2) is 0 Å². The SMILES string of the molecule is CNc1nc(C2CCCN(C(C)=O)C2)nc2c1CCN(C(=O)c1nccc3ccccc13)C2. The minimum Gasteiger partial charge on any atom is -0.373 e. The van der Waals surface area contributed by atoms with Gasteiger partial charge in [0.05, 0.1) is 12.2 Å². The molecule has 0 spiro atoms. The Kier molecular flexibility index (Phi) is 5.66. The van der Waals surface area contributed by atoms with Gasteiger partial charge in [0, 0.05) is 56.7 Å². The second-order valence-corrected chi connectivity index (χ2v) is 8.77. The average molecular weight is 445 g/mol. The Bertz CT molecular complexity index is 1220. The average Bonchev–Trinajstić information content (AvgIpc) is 2.86. The molecule has 2 aliphatic rings. The molecule has 8 heteroatoms. The minimum absolute atomic E-state index is 0.0796. The number of nitrogens with one attached hydrogen (secondary N) is 1. The van der Waals surface area contributed by atoms with Crippen LogP contribution in [0.5, 0.6) is 0 Å². The summed E-state index contributed by atoms with van der Waals surface area (Å²) < 4.78 is 0. The summed E-state index contributed by atoms with van der Waals surface area (Å²) >= 11 is 0. The molecular formula is C25H28N6O2. The molecule has 1 fully saturated rings. The second-order valence-electron chi connectivity index (χ2n) is 8.77. The molecule has 1 atom stereocenters. The van der Waals surface area contributed by atoms with Crippen molar-refractivity contribution < 1.29 is 9.59 Å². The third-order valence-corrected chi connectivity index (χ3v) is 6.71. The van der Waals surface area contributed by atoms with Crippen LogP contribution < -0.4 is 5.32 Å². The van der Waals surface area contributed by atoms with Crippen LogP contribution in [0.2, 0.25) is 0 Å². The van der Waals surface area contributed by atoms with E-state index in [2.05, 4.69) is 10.3 Å². The van der Waals surface area contributed by atoms with Gasteiger partial charge in [0.1, 0.15) is 17.3 Å². The van der Waals surface area contributed by atoms with Gasteiger partial charge in [0.2, 0.25) is 5.91 Å². The van der Waals surface area contributed by atoms with E-state index < -0.39 is 0 Å². The number of anilines is 1. The zero-order chi connectivity index (χ0) is 22.9. The van der Waals surface area contributed by atoms with E-state index in [0.29, 0.717) is 31.7 Å². The Morgan fingerprint density at radius 3 is 2.76 bits per heavy atom. The lowest BCUT2D eigenvalue weighted by Gasteiger charge is -2.33. The highest BCUT2D eigenvalue weighted by Crippen LogP contribution is 2.30. The van der Waals surface area contributed by atoms with Gasteiger partial charge in [-0.15, -0.1) is 0 Å². The smallest absolute Gasteiger partial charge is 0.273 e. The highest BCUT2D eigenvalue weighted by atomic mass is 16.2. The number of piperidine rings is 1. The molecule has 1 unspecified atom stereocenters. The van der Waals surface area contributed by atoms with Crippen molar-refractivity contribution in [1.82, 2.24) is 24.8 Å². The summed E-state index contributed by atoms with van der Waals surface area (Å²) in [6.45, 7) is 4.05. The number of benzene rings is 1. The number of amides is 2. The van der Waals surface area contributed by atoms with Crippen LogP contribution in [-0.2, 0) is 17.8 Å².